The summed E-state index contributed by atoms with van der Waals surface area (Å²) in [5.41, 5.74) is 1.51. The number of carbonyl (C=O) groups excluding carboxylic acids is 1. The third-order valence-corrected chi connectivity index (χ3v) is 5.69. The maximum Gasteiger partial charge on any atom is 0.252 e. The zero-order chi connectivity index (χ0) is 17.4. The van der Waals surface area contributed by atoms with Crippen LogP contribution in [0.1, 0.15) is 40.4 Å². The largest absolute Gasteiger partial charge is 0.355 e. The number of hydrogen-bond acceptors (Lipinski definition) is 2. The first-order valence-corrected chi connectivity index (χ1v) is 9.28. The molecule has 1 N–H and O–H groups in total. The second-order valence-corrected chi connectivity index (χ2v) is 7.10. The van der Waals surface area contributed by atoms with Crippen LogP contribution in [-0.2, 0) is 10.8 Å². The fourth-order valence-corrected chi connectivity index (χ4v) is 4.31. The third kappa shape index (κ3) is 4.42. The predicted octanol–water partition coefficient (Wildman–Crippen LogP) is 4.25. The molecule has 2 atom stereocenters. The summed E-state index contributed by atoms with van der Waals surface area (Å²) in [4.78, 5) is 12.7. The Kier molecular flexibility index (Phi) is 6.94. The van der Waals surface area contributed by atoms with Crippen molar-refractivity contribution in [2.75, 3.05) is 7.05 Å². The van der Waals surface area contributed by atoms with E-state index < -0.39 is 10.8 Å². The maximum absolute atomic E-state index is 13.3. The molecule has 0 fully saturated rings. The first-order valence-electron chi connectivity index (χ1n) is 8.06. The minimum atomic E-state index is -1.30. The van der Waals surface area contributed by atoms with Gasteiger partial charge in [-0.3, -0.25) is 9.00 Å². The summed E-state index contributed by atoms with van der Waals surface area (Å²) in [6.45, 7) is 3.75. The molecule has 3 nitrogen and oxygen atoms in total. The van der Waals surface area contributed by atoms with Crippen molar-refractivity contribution in [2.45, 2.75) is 29.4 Å². The smallest absolute Gasteiger partial charge is 0.252 e. The molecule has 0 aliphatic heterocycles. The van der Waals surface area contributed by atoms with Crippen molar-refractivity contribution in [1.29, 1.82) is 0 Å². The molecule has 4 heteroatoms. The maximum atomic E-state index is 13.3. The third-order valence-electron chi connectivity index (χ3n) is 3.88. The highest BCUT2D eigenvalue weighted by atomic mass is 32.2. The van der Waals surface area contributed by atoms with E-state index in [1.54, 1.807) is 25.2 Å². The zero-order valence-electron chi connectivity index (χ0n) is 13.9. The molecule has 0 aliphatic rings. The molecule has 2 aromatic rings. The zero-order valence-corrected chi connectivity index (χ0v) is 14.7. The van der Waals surface area contributed by atoms with Crippen LogP contribution >= 0.6 is 0 Å². The number of rotatable bonds is 8. The topological polar surface area (TPSA) is 46.2 Å². The van der Waals surface area contributed by atoms with E-state index in [9.17, 15) is 9.00 Å². The van der Waals surface area contributed by atoms with Crippen LogP contribution in [0.3, 0.4) is 0 Å². The quantitative estimate of drug-likeness (QED) is 0.576. The molecule has 126 valence electrons. The standard InChI is InChI=1S/C20H23NO2S/c1-3-4-6-14-18(16-11-7-5-8-12-16)24(23)19-15-10-9-13-17(19)20(22)21-2/h3,5,7-13,15,18H,1,4,6,14H2,2H3,(H,21,22)/t18-,24?/m1/s1. The fourth-order valence-electron chi connectivity index (χ4n) is 2.63. The second-order valence-electron chi connectivity index (χ2n) is 5.49. The number of allylic oxidation sites excluding steroid dienone is 1. The lowest BCUT2D eigenvalue weighted by Gasteiger charge is -2.18. The van der Waals surface area contributed by atoms with Gasteiger partial charge in [-0.2, -0.15) is 0 Å². The molecule has 2 rings (SSSR count). The number of benzene rings is 2. The number of amides is 1. The van der Waals surface area contributed by atoms with Crippen molar-refractivity contribution in [2.24, 2.45) is 0 Å². The van der Waals surface area contributed by atoms with Crippen LogP contribution in [0.25, 0.3) is 0 Å². The van der Waals surface area contributed by atoms with Crippen LogP contribution in [-0.4, -0.2) is 17.2 Å². The Morgan fingerprint density at radius 1 is 1.17 bits per heavy atom. The summed E-state index contributed by atoms with van der Waals surface area (Å²) >= 11 is 0. The summed E-state index contributed by atoms with van der Waals surface area (Å²) < 4.78 is 13.3. The molecule has 1 amide bonds. The molecule has 0 saturated carbocycles. The molecule has 2 aromatic carbocycles. The first-order chi connectivity index (χ1) is 11.7. The van der Waals surface area contributed by atoms with Gasteiger partial charge in [0.15, 0.2) is 0 Å². The molecule has 0 aromatic heterocycles. The van der Waals surface area contributed by atoms with Gasteiger partial charge in [0.05, 0.1) is 26.5 Å². The summed E-state index contributed by atoms with van der Waals surface area (Å²) in [6, 6.07) is 17.0. The SMILES string of the molecule is C=CCCC[C@H](c1ccccc1)S(=O)c1ccccc1C(=O)NC. The summed E-state index contributed by atoms with van der Waals surface area (Å²) in [6.07, 6.45) is 4.46. The van der Waals surface area contributed by atoms with Crippen molar-refractivity contribution >= 4 is 16.7 Å². The predicted molar refractivity (Wildman–Crippen MR) is 99.5 cm³/mol. The average molecular weight is 341 g/mol. The Morgan fingerprint density at radius 3 is 2.50 bits per heavy atom. The molecule has 0 radical (unpaired) electrons. The lowest BCUT2D eigenvalue weighted by molar-refractivity contribution is 0.0960. The van der Waals surface area contributed by atoms with Crippen LogP contribution in [0.15, 0.2) is 72.1 Å². The minimum absolute atomic E-state index is 0.142. The lowest BCUT2D eigenvalue weighted by Crippen LogP contribution is -2.21. The van der Waals surface area contributed by atoms with E-state index in [2.05, 4.69) is 11.9 Å². The van der Waals surface area contributed by atoms with Gasteiger partial charge in [-0.05, 0) is 37.0 Å². The van der Waals surface area contributed by atoms with Crippen molar-refractivity contribution in [3.05, 3.63) is 78.4 Å². The highest BCUT2D eigenvalue weighted by Crippen LogP contribution is 2.31. The Morgan fingerprint density at radius 2 is 1.83 bits per heavy atom. The van der Waals surface area contributed by atoms with Crippen LogP contribution in [0.2, 0.25) is 0 Å². The Hall–Kier alpha value is -2.20. The van der Waals surface area contributed by atoms with Gasteiger partial charge in [-0.15, -0.1) is 6.58 Å². The van der Waals surface area contributed by atoms with Gasteiger partial charge >= 0.3 is 0 Å². The minimum Gasteiger partial charge on any atom is -0.355 e. The first kappa shape index (κ1) is 18.1. The van der Waals surface area contributed by atoms with Crippen LogP contribution < -0.4 is 5.32 Å². The van der Waals surface area contributed by atoms with Crippen LogP contribution in [0.4, 0.5) is 0 Å². The summed E-state index contributed by atoms with van der Waals surface area (Å²) in [7, 11) is 0.280. The van der Waals surface area contributed by atoms with E-state index in [4.69, 9.17) is 0 Å². The van der Waals surface area contributed by atoms with Gasteiger partial charge < -0.3 is 5.32 Å². The van der Waals surface area contributed by atoms with Crippen molar-refractivity contribution in [1.82, 2.24) is 5.32 Å². The fraction of sp³-hybridized carbons (Fsp3) is 0.250. The number of unbranched alkanes of at least 4 members (excludes halogenated alkanes) is 1. The van der Waals surface area contributed by atoms with Crippen molar-refractivity contribution < 1.29 is 9.00 Å². The van der Waals surface area contributed by atoms with E-state index >= 15 is 0 Å². The molecule has 1 unspecified atom stereocenters. The second kappa shape index (κ2) is 9.18. The van der Waals surface area contributed by atoms with Gasteiger partial charge in [0.2, 0.25) is 0 Å². The van der Waals surface area contributed by atoms with E-state index in [1.165, 1.54) is 0 Å². The van der Waals surface area contributed by atoms with Gasteiger partial charge in [-0.25, -0.2) is 0 Å². The number of hydrogen-bond donors (Lipinski definition) is 1. The average Bonchev–Trinajstić information content (AvgIpc) is 2.65. The van der Waals surface area contributed by atoms with Crippen molar-refractivity contribution in [3.63, 3.8) is 0 Å². The number of nitrogens with one attached hydrogen (secondary N) is 1. The Bertz CT molecular complexity index is 713. The van der Waals surface area contributed by atoms with Crippen LogP contribution in [0.5, 0.6) is 0 Å². The molecule has 0 aliphatic carbocycles. The van der Waals surface area contributed by atoms with E-state index in [-0.39, 0.29) is 11.2 Å². The van der Waals surface area contributed by atoms with Gasteiger partial charge in [0.1, 0.15) is 0 Å². The molecular formula is C20H23NO2S. The van der Waals surface area contributed by atoms with E-state index in [0.29, 0.717) is 10.5 Å². The van der Waals surface area contributed by atoms with Gasteiger partial charge in [-0.1, -0.05) is 48.5 Å². The Balaban J connectivity index is 2.38. The van der Waals surface area contributed by atoms with Crippen LogP contribution in [0, 0.1) is 0 Å². The summed E-state index contributed by atoms with van der Waals surface area (Å²) in [5, 5.41) is 2.48. The molecule has 0 heterocycles. The lowest BCUT2D eigenvalue weighted by atomic mass is 10.1. The monoisotopic (exact) mass is 341 g/mol. The highest BCUT2D eigenvalue weighted by Gasteiger charge is 2.23. The highest BCUT2D eigenvalue weighted by molar-refractivity contribution is 7.85. The van der Waals surface area contributed by atoms with E-state index in [1.807, 2.05) is 42.5 Å². The molecule has 0 spiro atoms. The molecule has 0 saturated heterocycles. The molecular weight excluding hydrogens is 318 g/mol. The van der Waals surface area contributed by atoms with Crippen molar-refractivity contribution in [3.8, 4) is 0 Å². The Labute approximate surface area is 146 Å². The van der Waals surface area contributed by atoms with Gasteiger partial charge in [0.25, 0.3) is 5.91 Å². The summed E-state index contributed by atoms with van der Waals surface area (Å²) in [5.74, 6) is -0.211. The molecule has 0 bridgehead atoms. The number of carbonyl (C=O) groups is 1. The molecule has 24 heavy (non-hydrogen) atoms. The normalized spacial score (nSPS) is 13.0. The van der Waals surface area contributed by atoms with E-state index in [0.717, 1.165) is 24.8 Å². The van der Waals surface area contributed by atoms with Gasteiger partial charge in [0, 0.05) is 7.05 Å².